The van der Waals surface area contributed by atoms with Gasteiger partial charge in [0.05, 0.1) is 0 Å². The summed E-state index contributed by atoms with van der Waals surface area (Å²) in [6.07, 6.45) is 8.54. The number of rotatable bonds is 8. The Morgan fingerprint density at radius 1 is 0.292 bits per heavy atom. The fourth-order valence-electron chi connectivity index (χ4n) is 5.60. The van der Waals surface area contributed by atoms with E-state index in [1.165, 1.54) is 0 Å². The van der Waals surface area contributed by atoms with Crippen LogP contribution in [0.25, 0.3) is 23.0 Å². The molecule has 0 saturated carbocycles. The molecule has 2 aliphatic heterocycles. The van der Waals surface area contributed by atoms with Gasteiger partial charge in [0, 0.05) is 101 Å². The molecule has 0 spiro atoms. The Balaban J connectivity index is 1.52. The summed E-state index contributed by atoms with van der Waals surface area (Å²) in [6, 6.07) is 33.9. The number of anilines is 4. The molecule has 0 N–H and O–H groups in total. The summed E-state index contributed by atoms with van der Waals surface area (Å²) in [4.78, 5) is 8.40. The Morgan fingerprint density at radius 2 is 0.479 bits per heavy atom. The fraction of sp³-hybridized carbons (Fsp3) is 0.190. The molecule has 2 aliphatic rings. The molecule has 0 bridgehead atoms. The second kappa shape index (κ2) is 13.6. The van der Waals surface area contributed by atoms with Gasteiger partial charge in [-0.1, -0.05) is 0 Å². The molecule has 4 aromatic carbocycles. The van der Waals surface area contributed by atoms with Crippen molar-refractivity contribution in [2.24, 2.45) is 0 Å². The molecule has 2 heterocycles. The molecule has 0 fully saturated rings. The molecule has 0 radical (unpaired) electrons. The summed E-state index contributed by atoms with van der Waals surface area (Å²) in [5.41, 5.74) is 10.6. The summed E-state index contributed by atoms with van der Waals surface area (Å²) < 4.78 is 13.3. The van der Waals surface area contributed by atoms with Crippen LogP contribution in [0.5, 0.6) is 0 Å². The van der Waals surface area contributed by atoms with Crippen molar-refractivity contribution in [2.45, 2.75) is 0 Å². The third-order valence-corrected chi connectivity index (χ3v) is 8.59. The third kappa shape index (κ3) is 7.03. The van der Waals surface area contributed by atoms with Crippen molar-refractivity contribution in [3.63, 3.8) is 0 Å². The Labute approximate surface area is 285 Å². The van der Waals surface area contributed by atoms with Gasteiger partial charge in [0.2, 0.25) is 0 Å². The van der Waals surface area contributed by atoms with E-state index in [4.69, 9.17) is 9.47 Å². The molecule has 0 aliphatic carbocycles. The van der Waals surface area contributed by atoms with Crippen LogP contribution in [-0.4, -0.2) is 56.4 Å². The van der Waals surface area contributed by atoms with Gasteiger partial charge >= 0.3 is 0 Å². The van der Waals surface area contributed by atoms with Gasteiger partial charge in [-0.05, 0) is 133 Å². The lowest BCUT2D eigenvalue weighted by atomic mass is 9.96. The van der Waals surface area contributed by atoms with Gasteiger partial charge in [-0.3, -0.25) is 0 Å². The topological polar surface area (TPSA) is 31.4 Å². The second-order valence-electron chi connectivity index (χ2n) is 12.9. The first-order valence-corrected chi connectivity index (χ1v) is 16.1. The minimum Gasteiger partial charge on any atom is -0.456 e. The van der Waals surface area contributed by atoms with Crippen molar-refractivity contribution in [1.82, 2.24) is 0 Å². The largest absolute Gasteiger partial charge is 0.456 e. The Hall–Kier alpha value is -5.62. The highest BCUT2D eigenvalue weighted by atomic mass is 16.5. The maximum absolute atomic E-state index is 6.65. The van der Waals surface area contributed by atoms with Gasteiger partial charge in [0.1, 0.15) is 23.0 Å². The molecule has 0 saturated heterocycles. The number of nitrogens with zero attached hydrogens (tertiary/aromatic N) is 4. The smallest absolute Gasteiger partial charge is 0.135 e. The van der Waals surface area contributed by atoms with E-state index in [9.17, 15) is 0 Å². The average Bonchev–Trinajstić information content (AvgIpc) is 3.11. The summed E-state index contributed by atoms with van der Waals surface area (Å²) in [6.45, 7) is 0. The SMILES string of the molecule is CN(C)c1ccc(C2=CC(=C3C=C(c4ccc(N(C)C)cc4)OC(c4ccc(N(C)C)cc4)=C3)C=C(c3ccc(N(C)C)cc3)O2)cc1. The normalized spacial score (nSPS) is 14.2. The van der Waals surface area contributed by atoms with Crippen LogP contribution in [-0.2, 0) is 9.47 Å². The molecule has 4 aromatic rings. The highest BCUT2D eigenvalue weighted by molar-refractivity contribution is 5.84. The summed E-state index contributed by atoms with van der Waals surface area (Å²) in [5, 5.41) is 0. The van der Waals surface area contributed by atoms with E-state index in [-0.39, 0.29) is 0 Å². The van der Waals surface area contributed by atoms with E-state index in [2.05, 4.69) is 141 Å². The molecule has 244 valence electrons. The summed E-state index contributed by atoms with van der Waals surface area (Å²) >= 11 is 0. The lowest BCUT2D eigenvalue weighted by Gasteiger charge is -2.24. The Kier molecular flexibility index (Phi) is 9.17. The van der Waals surface area contributed by atoms with E-state index < -0.39 is 0 Å². The van der Waals surface area contributed by atoms with Crippen LogP contribution in [0, 0.1) is 0 Å². The van der Waals surface area contributed by atoms with Gasteiger partial charge < -0.3 is 29.1 Å². The average molecular weight is 637 g/mol. The van der Waals surface area contributed by atoms with Crippen LogP contribution in [0.4, 0.5) is 22.7 Å². The standard InChI is InChI=1S/C42H44N4O2/c1-43(2)35-17-9-29(10-18-35)39-25-33(26-40(47-39)30-11-19-36(20-12-30)44(3)4)34-27-41(31-13-21-37(22-14-31)45(5)6)48-42(28-34)32-15-23-38(24-16-32)46(7)8/h9-28H,1-8H3. The maximum Gasteiger partial charge on any atom is 0.135 e. The molecule has 6 rings (SSSR count). The van der Waals surface area contributed by atoms with Crippen molar-refractivity contribution in [3.8, 4) is 0 Å². The predicted molar refractivity (Wildman–Crippen MR) is 204 cm³/mol. The monoisotopic (exact) mass is 636 g/mol. The summed E-state index contributed by atoms with van der Waals surface area (Å²) in [7, 11) is 16.4. The first kappa shape index (κ1) is 32.3. The van der Waals surface area contributed by atoms with Crippen molar-refractivity contribution in [1.29, 1.82) is 0 Å². The zero-order chi connectivity index (χ0) is 33.9. The minimum absolute atomic E-state index is 0.791. The molecule has 6 heteroatoms. The van der Waals surface area contributed by atoms with Crippen LogP contribution >= 0.6 is 0 Å². The van der Waals surface area contributed by atoms with Crippen molar-refractivity contribution >= 4 is 45.8 Å². The van der Waals surface area contributed by atoms with Gasteiger partial charge in [0.15, 0.2) is 0 Å². The number of benzene rings is 4. The molecule has 6 nitrogen and oxygen atoms in total. The second-order valence-corrected chi connectivity index (χ2v) is 12.9. The molecular weight excluding hydrogens is 592 g/mol. The lowest BCUT2D eigenvalue weighted by molar-refractivity contribution is 0.464. The first-order chi connectivity index (χ1) is 23.0. The molecule has 0 unspecified atom stereocenters. The Morgan fingerprint density at radius 3 is 0.646 bits per heavy atom. The number of allylic oxidation sites excluding steroid dienone is 6. The quantitative estimate of drug-likeness (QED) is 0.192. The van der Waals surface area contributed by atoms with Crippen LogP contribution in [0.1, 0.15) is 22.3 Å². The van der Waals surface area contributed by atoms with Crippen LogP contribution in [0.2, 0.25) is 0 Å². The van der Waals surface area contributed by atoms with Crippen molar-refractivity contribution in [2.75, 3.05) is 76.0 Å². The van der Waals surface area contributed by atoms with Crippen molar-refractivity contribution < 1.29 is 9.47 Å². The number of ether oxygens (including phenoxy) is 2. The molecule has 0 aromatic heterocycles. The maximum atomic E-state index is 6.65. The minimum atomic E-state index is 0.791. The lowest BCUT2D eigenvalue weighted by Crippen LogP contribution is -2.09. The van der Waals surface area contributed by atoms with Crippen LogP contribution in [0.3, 0.4) is 0 Å². The van der Waals surface area contributed by atoms with E-state index in [1.807, 2.05) is 56.4 Å². The molecule has 48 heavy (non-hydrogen) atoms. The third-order valence-electron chi connectivity index (χ3n) is 8.59. The number of hydrogen-bond donors (Lipinski definition) is 0. The highest BCUT2D eigenvalue weighted by Gasteiger charge is 2.21. The van der Waals surface area contributed by atoms with Gasteiger partial charge in [-0.2, -0.15) is 0 Å². The number of hydrogen-bond acceptors (Lipinski definition) is 6. The fourth-order valence-corrected chi connectivity index (χ4v) is 5.60. The van der Waals surface area contributed by atoms with Crippen LogP contribution < -0.4 is 19.6 Å². The zero-order valence-corrected chi connectivity index (χ0v) is 29.2. The van der Waals surface area contributed by atoms with E-state index in [1.54, 1.807) is 0 Å². The van der Waals surface area contributed by atoms with Crippen molar-refractivity contribution in [3.05, 3.63) is 155 Å². The first-order valence-electron chi connectivity index (χ1n) is 16.1. The molecular formula is C42H44N4O2. The van der Waals surface area contributed by atoms with Gasteiger partial charge in [-0.15, -0.1) is 0 Å². The highest BCUT2D eigenvalue weighted by Crippen LogP contribution is 2.39. The van der Waals surface area contributed by atoms with E-state index in [0.717, 1.165) is 79.2 Å². The van der Waals surface area contributed by atoms with E-state index >= 15 is 0 Å². The Bertz CT molecular complexity index is 1640. The molecule has 0 atom stereocenters. The summed E-state index contributed by atoms with van der Waals surface area (Å²) in [5.74, 6) is 3.16. The van der Waals surface area contributed by atoms with Crippen LogP contribution in [0.15, 0.2) is 133 Å². The van der Waals surface area contributed by atoms with E-state index in [0.29, 0.717) is 0 Å². The van der Waals surface area contributed by atoms with Gasteiger partial charge in [-0.25, -0.2) is 0 Å². The molecule has 0 amide bonds. The predicted octanol–water partition coefficient (Wildman–Crippen LogP) is 8.77. The zero-order valence-electron chi connectivity index (χ0n) is 29.2. The van der Waals surface area contributed by atoms with Gasteiger partial charge in [0.25, 0.3) is 0 Å².